The summed E-state index contributed by atoms with van der Waals surface area (Å²) in [4.78, 5) is 41.6. The van der Waals surface area contributed by atoms with E-state index in [9.17, 15) is 14.4 Å². The van der Waals surface area contributed by atoms with Gasteiger partial charge in [0.1, 0.15) is 0 Å². The lowest BCUT2D eigenvalue weighted by Crippen LogP contribution is -2.21. The molecule has 0 aliphatic rings. The van der Waals surface area contributed by atoms with Crippen LogP contribution in [0.4, 0.5) is 11.4 Å². The molecule has 0 bridgehead atoms. The van der Waals surface area contributed by atoms with Gasteiger partial charge in [-0.25, -0.2) is 9.50 Å². The molecule has 162 valence electrons. The molecule has 2 heterocycles. The first-order valence-electron chi connectivity index (χ1n) is 9.85. The van der Waals surface area contributed by atoms with Crippen LogP contribution in [0.15, 0.2) is 59.4 Å². The van der Waals surface area contributed by atoms with Crippen LogP contribution in [0.5, 0.6) is 0 Å². The maximum Gasteiger partial charge on any atom is 0.266 e. The van der Waals surface area contributed by atoms with Gasteiger partial charge in [-0.1, -0.05) is 23.7 Å². The van der Waals surface area contributed by atoms with Gasteiger partial charge >= 0.3 is 0 Å². The zero-order chi connectivity index (χ0) is 22.8. The van der Waals surface area contributed by atoms with E-state index in [0.717, 1.165) is 5.69 Å². The van der Waals surface area contributed by atoms with Crippen LogP contribution in [-0.2, 0) is 11.2 Å². The fraction of sp³-hybridized carbons (Fsp3) is 0.130. The molecule has 0 aliphatic carbocycles. The number of amides is 2. The average molecular weight is 450 g/mol. The highest BCUT2D eigenvalue weighted by Gasteiger charge is 2.17. The summed E-state index contributed by atoms with van der Waals surface area (Å²) < 4.78 is 1.56. The minimum atomic E-state index is -0.358. The van der Waals surface area contributed by atoms with Crippen molar-refractivity contribution in [1.29, 1.82) is 0 Å². The highest BCUT2D eigenvalue weighted by atomic mass is 35.5. The van der Waals surface area contributed by atoms with Crippen LogP contribution in [-0.4, -0.2) is 26.4 Å². The smallest absolute Gasteiger partial charge is 0.266 e. The Morgan fingerprint density at radius 2 is 1.78 bits per heavy atom. The van der Waals surface area contributed by atoms with Gasteiger partial charge in [0.2, 0.25) is 5.91 Å². The third-order valence-electron chi connectivity index (χ3n) is 5.09. The summed E-state index contributed by atoms with van der Waals surface area (Å²) in [6.07, 6.45) is 0.0357. The Kier molecular flexibility index (Phi) is 5.79. The maximum absolute atomic E-state index is 12.8. The number of carbonyl (C=O) groups excluding carboxylic acids is 2. The first-order valence-corrected chi connectivity index (χ1v) is 10.2. The number of hydrogen-bond acceptors (Lipinski definition) is 4. The number of aryl methyl sites for hydroxylation is 2. The SMILES string of the molecule is Cc1nc2cc(=O)[nH]n2c(C)c1CC(=O)Nc1ccccc1C(=O)Nc1ccc(Cl)cc1. The molecular formula is C23H20ClN5O3. The molecule has 4 rings (SSSR count). The van der Waals surface area contributed by atoms with Crippen LogP contribution in [0.1, 0.15) is 27.3 Å². The predicted octanol–water partition coefficient (Wildman–Crippen LogP) is 3.73. The number of nitrogens with zero attached hydrogens (tertiary/aromatic N) is 2. The summed E-state index contributed by atoms with van der Waals surface area (Å²) in [6.45, 7) is 3.61. The molecule has 0 spiro atoms. The number of benzene rings is 2. The van der Waals surface area contributed by atoms with Gasteiger partial charge in [0, 0.05) is 33.7 Å². The van der Waals surface area contributed by atoms with E-state index in [1.54, 1.807) is 60.0 Å². The lowest BCUT2D eigenvalue weighted by Gasteiger charge is -2.14. The number of nitrogens with one attached hydrogen (secondary N) is 3. The number of aromatic amines is 1. The van der Waals surface area contributed by atoms with Crippen molar-refractivity contribution < 1.29 is 9.59 Å². The van der Waals surface area contributed by atoms with Gasteiger partial charge in [-0.15, -0.1) is 0 Å². The zero-order valence-electron chi connectivity index (χ0n) is 17.4. The molecule has 0 radical (unpaired) electrons. The van der Waals surface area contributed by atoms with E-state index in [1.807, 2.05) is 6.92 Å². The Balaban J connectivity index is 1.54. The van der Waals surface area contributed by atoms with Gasteiger partial charge in [-0.3, -0.25) is 19.5 Å². The Morgan fingerprint density at radius 3 is 2.53 bits per heavy atom. The van der Waals surface area contributed by atoms with Crippen LogP contribution in [0.25, 0.3) is 5.65 Å². The summed E-state index contributed by atoms with van der Waals surface area (Å²) in [5, 5.41) is 8.85. The largest absolute Gasteiger partial charge is 0.325 e. The van der Waals surface area contributed by atoms with Crippen LogP contribution < -0.4 is 16.2 Å². The second-order valence-corrected chi connectivity index (χ2v) is 7.74. The predicted molar refractivity (Wildman–Crippen MR) is 123 cm³/mol. The normalized spacial score (nSPS) is 10.8. The highest BCUT2D eigenvalue weighted by Crippen LogP contribution is 2.20. The molecule has 0 saturated heterocycles. The maximum atomic E-state index is 12.8. The van der Waals surface area contributed by atoms with E-state index in [-0.39, 0.29) is 23.8 Å². The minimum absolute atomic E-state index is 0.0357. The number of para-hydroxylation sites is 1. The lowest BCUT2D eigenvalue weighted by atomic mass is 10.1. The molecule has 2 amide bonds. The number of aromatic nitrogens is 3. The first-order chi connectivity index (χ1) is 15.3. The van der Waals surface area contributed by atoms with Gasteiger partial charge in [0.15, 0.2) is 5.65 Å². The standard InChI is InChI=1S/C23H20ClN5O3/c1-13-18(14(2)29-20(25-13)12-22(31)28-29)11-21(30)27-19-6-4-3-5-17(19)23(32)26-16-9-7-15(24)8-10-16/h3-10,12H,11H2,1-2H3,(H,26,32)(H,27,30)(H,28,31). The van der Waals surface area contributed by atoms with Gasteiger partial charge in [0.05, 0.1) is 17.7 Å². The quantitative estimate of drug-likeness (QED) is 0.431. The fourth-order valence-corrected chi connectivity index (χ4v) is 3.61. The first kappa shape index (κ1) is 21.3. The monoisotopic (exact) mass is 449 g/mol. The molecule has 2 aromatic heterocycles. The summed E-state index contributed by atoms with van der Waals surface area (Å²) in [6, 6.07) is 14.9. The van der Waals surface area contributed by atoms with Crippen LogP contribution in [0.2, 0.25) is 5.02 Å². The molecule has 9 heteroatoms. The number of rotatable bonds is 5. The molecular weight excluding hydrogens is 430 g/mol. The number of carbonyl (C=O) groups is 2. The van der Waals surface area contributed by atoms with Gasteiger partial charge in [0.25, 0.3) is 11.5 Å². The summed E-state index contributed by atoms with van der Waals surface area (Å²) in [5.74, 6) is -0.665. The molecule has 2 aromatic carbocycles. The minimum Gasteiger partial charge on any atom is -0.325 e. The number of fused-ring (bicyclic) bond motifs is 1. The number of anilines is 2. The van der Waals surface area contributed by atoms with Crippen molar-refractivity contribution in [3.05, 3.63) is 92.5 Å². The van der Waals surface area contributed by atoms with Crippen molar-refractivity contribution in [3.8, 4) is 0 Å². The highest BCUT2D eigenvalue weighted by molar-refractivity contribution is 6.30. The van der Waals surface area contributed by atoms with Crippen molar-refractivity contribution >= 4 is 40.4 Å². The van der Waals surface area contributed by atoms with Crippen molar-refractivity contribution in [2.24, 2.45) is 0 Å². The second kappa shape index (κ2) is 8.68. The van der Waals surface area contributed by atoms with Gasteiger partial charge in [-0.2, -0.15) is 0 Å². The average Bonchev–Trinajstić information content (AvgIpc) is 3.13. The van der Waals surface area contributed by atoms with E-state index in [0.29, 0.717) is 38.9 Å². The molecule has 0 atom stereocenters. The molecule has 0 aliphatic heterocycles. The van der Waals surface area contributed by atoms with Gasteiger partial charge < -0.3 is 10.6 Å². The summed E-state index contributed by atoms with van der Waals surface area (Å²) >= 11 is 5.89. The molecule has 0 unspecified atom stereocenters. The van der Waals surface area contributed by atoms with E-state index >= 15 is 0 Å². The molecule has 3 N–H and O–H groups in total. The van der Waals surface area contributed by atoms with Crippen molar-refractivity contribution in [2.75, 3.05) is 10.6 Å². The summed E-state index contributed by atoms with van der Waals surface area (Å²) in [7, 11) is 0. The number of H-pyrrole nitrogens is 1. The van der Waals surface area contributed by atoms with E-state index in [4.69, 9.17) is 11.6 Å². The van der Waals surface area contributed by atoms with Crippen LogP contribution in [0.3, 0.4) is 0 Å². The molecule has 8 nitrogen and oxygen atoms in total. The lowest BCUT2D eigenvalue weighted by molar-refractivity contribution is -0.115. The third kappa shape index (κ3) is 4.40. The van der Waals surface area contributed by atoms with E-state index in [1.165, 1.54) is 6.07 Å². The Labute approximate surface area is 188 Å². The molecule has 0 fully saturated rings. The van der Waals surface area contributed by atoms with Crippen LogP contribution >= 0.6 is 11.6 Å². The Morgan fingerprint density at radius 1 is 1.06 bits per heavy atom. The van der Waals surface area contributed by atoms with E-state index in [2.05, 4.69) is 20.7 Å². The fourth-order valence-electron chi connectivity index (χ4n) is 3.49. The molecule has 32 heavy (non-hydrogen) atoms. The third-order valence-corrected chi connectivity index (χ3v) is 5.34. The summed E-state index contributed by atoms with van der Waals surface area (Å²) in [5.41, 5.74) is 3.62. The van der Waals surface area contributed by atoms with Crippen molar-refractivity contribution in [1.82, 2.24) is 14.6 Å². The Hall–Kier alpha value is -3.91. The number of halogens is 1. The van der Waals surface area contributed by atoms with Crippen molar-refractivity contribution in [2.45, 2.75) is 20.3 Å². The molecule has 4 aromatic rings. The van der Waals surface area contributed by atoms with Crippen LogP contribution in [0, 0.1) is 13.8 Å². The molecule has 0 saturated carbocycles. The second-order valence-electron chi connectivity index (χ2n) is 7.31. The topological polar surface area (TPSA) is 108 Å². The van der Waals surface area contributed by atoms with Crippen molar-refractivity contribution in [3.63, 3.8) is 0 Å². The zero-order valence-corrected chi connectivity index (χ0v) is 18.2. The van der Waals surface area contributed by atoms with E-state index < -0.39 is 0 Å². The number of hydrogen-bond donors (Lipinski definition) is 3. The van der Waals surface area contributed by atoms with Gasteiger partial charge in [-0.05, 0) is 50.2 Å². The Bertz CT molecular complexity index is 1390.